The standard InChI is InChI=1S/C17H29N3O/c1-13(2)21-15-10-14(11-19-12-15)16(18)17(20(3)4)8-6-5-7-9-17/h10-13,16H,5-9,18H2,1-4H3. The van der Waals surface area contributed by atoms with Gasteiger partial charge in [-0.15, -0.1) is 0 Å². The summed E-state index contributed by atoms with van der Waals surface area (Å²) in [5.41, 5.74) is 7.78. The molecule has 1 heterocycles. The number of hydrogen-bond acceptors (Lipinski definition) is 4. The van der Waals surface area contributed by atoms with E-state index in [1.165, 1.54) is 19.3 Å². The lowest BCUT2D eigenvalue weighted by Gasteiger charge is -2.47. The van der Waals surface area contributed by atoms with Gasteiger partial charge >= 0.3 is 0 Å². The van der Waals surface area contributed by atoms with Gasteiger partial charge in [-0.2, -0.15) is 0 Å². The molecule has 1 aromatic rings. The van der Waals surface area contributed by atoms with Crippen molar-refractivity contribution < 1.29 is 4.74 Å². The summed E-state index contributed by atoms with van der Waals surface area (Å²) in [7, 11) is 4.29. The van der Waals surface area contributed by atoms with Gasteiger partial charge in [0.1, 0.15) is 5.75 Å². The van der Waals surface area contributed by atoms with Crippen molar-refractivity contribution in [1.29, 1.82) is 0 Å². The van der Waals surface area contributed by atoms with E-state index < -0.39 is 0 Å². The second kappa shape index (κ2) is 6.75. The van der Waals surface area contributed by atoms with Gasteiger partial charge in [0.25, 0.3) is 0 Å². The van der Waals surface area contributed by atoms with Gasteiger partial charge < -0.3 is 15.4 Å². The molecule has 2 N–H and O–H groups in total. The Morgan fingerprint density at radius 1 is 1.19 bits per heavy atom. The maximum Gasteiger partial charge on any atom is 0.138 e. The summed E-state index contributed by atoms with van der Waals surface area (Å²) in [5.74, 6) is 0.808. The first-order chi connectivity index (χ1) is 9.95. The summed E-state index contributed by atoms with van der Waals surface area (Å²) in [6.45, 7) is 4.05. The first-order valence-corrected chi connectivity index (χ1v) is 8.00. The molecule has 4 heteroatoms. The highest BCUT2D eigenvalue weighted by Gasteiger charge is 2.40. The molecule has 0 bridgehead atoms. The summed E-state index contributed by atoms with van der Waals surface area (Å²) < 4.78 is 5.75. The van der Waals surface area contributed by atoms with E-state index in [1.54, 1.807) is 6.20 Å². The summed E-state index contributed by atoms with van der Waals surface area (Å²) in [5, 5.41) is 0. The number of nitrogens with zero attached hydrogens (tertiary/aromatic N) is 2. The van der Waals surface area contributed by atoms with Crippen molar-refractivity contribution in [1.82, 2.24) is 9.88 Å². The topological polar surface area (TPSA) is 51.4 Å². The summed E-state index contributed by atoms with van der Waals surface area (Å²) in [6, 6.07) is 2.02. The predicted molar refractivity (Wildman–Crippen MR) is 86.4 cm³/mol. The van der Waals surface area contributed by atoms with Crippen molar-refractivity contribution in [3.63, 3.8) is 0 Å². The van der Waals surface area contributed by atoms with E-state index >= 15 is 0 Å². The molecule has 1 fully saturated rings. The molecule has 1 aliphatic rings. The van der Waals surface area contributed by atoms with E-state index in [0.717, 1.165) is 24.2 Å². The van der Waals surface area contributed by atoms with Gasteiger partial charge in [-0.05, 0) is 52.4 Å². The molecule has 1 saturated carbocycles. The zero-order valence-corrected chi connectivity index (χ0v) is 13.8. The Kier molecular flexibility index (Phi) is 5.22. The van der Waals surface area contributed by atoms with Gasteiger partial charge in [-0.25, -0.2) is 0 Å². The average Bonchev–Trinajstić information content (AvgIpc) is 2.46. The Bertz CT molecular complexity index is 453. The van der Waals surface area contributed by atoms with E-state index in [4.69, 9.17) is 10.5 Å². The molecule has 0 radical (unpaired) electrons. The van der Waals surface area contributed by atoms with Crippen LogP contribution in [0.5, 0.6) is 5.75 Å². The molecule has 1 aliphatic carbocycles. The van der Waals surface area contributed by atoms with E-state index in [1.807, 2.05) is 20.0 Å². The highest BCUT2D eigenvalue weighted by molar-refractivity contribution is 5.28. The first-order valence-electron chi connectivity index (χ1n) is 8.00. The van der Waals surface area contributed by atoms with Gasteiger partial charge in [0.15, 0.2) is 0 Å². The fourth-order valence-corrected chi connectivity index (χ4v) is 3.45. The second-order valence-electron chi connectivity index (χ2n) is 6.66. The Labute approximate surface area is 128 Å². The predicted octanol–water partition coefficient (Wildman–Crippen LogP) is 3.13. The molecule has 1 unspecified atom stereocenters. The Hall–Kier alpha value is -1.13. The molecule has 118 valence electrons. The molecule has 2 rings (SSSR count). The minimum Gasteiger partial charge on any atom is -0.489 e. The smallest absolute Gasteiger partial charge is 0.138 e. The largest absolute Gasteiger partial charge is 0.489 e. The van der Waals surface area contributed by atoms with Crippen LogP contribution in [-0.2, 0) is 0 Å². The van der Waals surface area contributed by atoms with E-state index in [9.17, 15) is 0 Å². The number of likely N-dealkylation sites (N-methyl/N-ethyl adjacent to an activating group) is 1. The van der Waals surface area contributed by atoms with Gasteiger partial charge in [0.2, 0.25) is 0 Å². The lowest BCUT2D eigenvalue weighted by molar-refractivity contribution is 0.0711. The first kappa shape index (κ1) is 16.2. The molecular formula is C17H29N3O. The van der Waals surface area contributed by atoms with Crippen LogP contribution in [0.2, 0.25) is 0 Å². The van der Waals surface area contributed by atoms with Crippen LogP contribution in [0.25, 0.3) is 0 Å². The normalized spacial score (nSPS) is 19.8. The molecule has 4 nitrogen and oxygen atoms in total. The molecule has 0 spiro atoms. The minimum absolute atomic E-state index is 0.0315. The van der Waals surface area contributed by atoms with Gasteiger partial charge in [0.05, 0.1) is 12.3 Å². The van der Waals surface area contributed by atoms with Crippen LogP contribution in [0.4, 0.5) is 0 Å². The van der Waals surface area contributed by atoms with Gasteiger partial charge in [0, 0.05) is 17.8 Å². The second-order valence-corrected chi connectivity index (χ2v) is 6.66. The van der Waals surface area contributed by atoms with Crippen molar-refractivity contribution in [2.45, 2.75) is 63.6 Å². The molecule has 1 aromatic heterocycles. The van der Waals surface area contributed by atoms with Crippen molar-refractivity contribution in [3.8, 4) is 5.75 Å². The highest BCUT2D eigenvalue weighted by atomic mass is 16.5. The molecule has 0 aromatic carbocycles. The van der Waals surface area contributed by atoms with Crippen LogP contribution in [0, 0.1) is 0 Å². The summed E-state index contributed by atoms with van der Waals surface area (Å²) in [4.78, 5) is 6.63. The molecule has 21 heavy (non-hydrogen) atoms. The third kappa shape index (κ3) is 3.55. The zero-order chi connectivity index (χ0) is 15.5. The Balaban J connectivity index is 2.26. The quantitative estimate of drug-likeness (QED) is 0.905. The van der Waals surface area contributed by atoms with E-state index in [-0.39, 0.29) is 17.7 Å². The maximum absolute atomic E-state index is 6.67. The van der Waals surface area contributed by atoms with Crippen LogP contribution in [-0.4, -0.2) is 35.6 Å². The monoisotopic (exact) mass is 291 g/mol. The fourth-order valence-electron chi connectivity index (χ4n) is 3.45. The summed E-state index contributed by atoms with van der Waals surface area (Å²) in [6.07, 6.45) is 9.92. The SMILES string of the molecule is CC(C)Oc1cncc(C(N)C2(N(C)C)CCCCC2)c1. The van der Waals surface area contributed by atoms with Crippen LogP contribution in [0.15, 0.2) is 18.5 Å². The number of aromatic nitrogens is 1. The number of rotatable bonds is 5. The zero-order valence-electron chi connectivity index (χ0n) is 13.8. The molecule has 1 atom stereocenters. The Morgan fingerprint density at radius 3 is 2.43 bits per heavy atom. The fraction of sp³-hybridized carbons (Fsp3) is 0.706. The number of ether oxygens (including phenoxy) is 1. The van der Waals surface area contributed by atoms with Crippen LogP contribution in [0.3, 0.4) is 0 Å². The molecular weight excluding hydrogens is 262 g/mol. The maximum atomic E-state index is 6.67. The highest BCUT2D eigenvalue weighted by Crippen LogP contribution is 2.41. The number of pyridine rings is 1. The van der Waals surface area contributed by atoms with E-state index in [0.29, 0.717) is 0 Å². The minimum atomic E-state index is -0.0315. The van der Waals surface area contributed by atoms with Crippen molar-refractivity contribution in [3.05, 3.63) is 24.0 Å². The third-order valence-electron chi connectivity index (χ3n) is 4.65. The molecule has 0 saturated heterocycles. The van der Waals surface area contributed by atoms with E-state index in [2.05, 4.69) is 30.0 Å². The lowest BCUT2D eigenvalue weighted by Crippen LogP contribution is -2.53. The average molecular weight is 291 g/mol. The summed E-state index contributed by atoms with van der Waals surface area (Å²) >= 11 is 0. The van der Waals surface area contributed by atoms with Gasteiger partial charge in [-0.3, -0.25) is 4.98 Å². The number of nitrogens with two attached hydrogens (primary N) is 1. The molecule has 0 aliphatic heterocycles. The number of hydrogen-bond donors (Lipinski definition) is 1. The van der Waals surface area contributed by atoms with Crippen molar-refractivity contribution in [2.24, 2.45) is 5.73 Å². The third-order valence-corrected chi connectivity index (χ3v) is 4.65. The van der Waals surface area contributed by atoms with Gasteiger partial charge in [-0.1, -0.05) is 19.3 Å². The Morgan fingerprint density at radius 2 is 1.86 bits per heavy atom. The van der Waals surface area contributed by atoms with Crippen molar-refractivity contribution in [2.75, 3.05) is 14.1 Å². The molecule has 0 amide bonds. The van der Waals surface area contributed by atoms with Crippen LogP contribution < -0.4 is 10.5 Å². The lowest BCUT2D eigenvalue weighted by atomic mass is 9.73. The van der Waals surface area contributed by atoms with Crippen molar-refractivity contribution >= 4 is 0 Å². The van der Waals surface area contributed by atoms with Crippen LogP contribution in [0.1, 0.15) is 57.6 Å². The van der Waals surface area contributed by atoms with Crippen LogP contribution >= 0.6 is 0 Å².